The first kappa shape index (κ1) is 20.7. The van der Waals surface area contributed by atoms with E-state index in [2.05, 4.69) is 15.3 Å². The fraction of sp³-hybridized carbons (Fsp3) is 0.0400. The number of aromatic hydroxyl groups is 1. The van der Waals surface area contributed by atoms with Crippen molar-refractivity contribution in [3.05, 3.63) is 112 Å². The highest BCUT2D eigenvalue weighted by atomic mass is 16.6. The van der Waals surface area contributed by atoms with Gasteiger partial charge in [0.15, 0.2) is 0 Å². The van der Waals surface area contributed by atoms with E-state index in [1.807, 2.05) is 60.7 Å². The number of nitro benzene ring substituents is 1. The van der Waals surface area contributed by atoms with Gasteiger partial charge in [0.2, 0.25) is 0 Å². The molecular formula is C25H20N4O3. The van der Waals surface area contributed by atoms with Crippen LogP contribution in [-0.2, 0) is 6.54 Å². The maximum Gasteiger partial charge on any atom is 0.270 e. The molecule has 0 amide bonds. The van der Waals surface area contributed by atoms with Crippen molar-refractivity contribution in [1.82, 2.24) is 4.98 Å². The number of pyridine rings is 1. The number of nitro groups is 1. The molecule has 32 heavy (non-hydrogen) atoms. The lowest BCUT2D eigenvalue weighted by Crippen LogP contribution is -2.02. The van der Waals surface area contributed by atoms with Crippen LogP contribution in [0.15, 0.2) is 96.2 Å². The largest absolute Gasteiger partial charge is 0.508 e. The van der Waals surface area contributed by atoms with Gasteiger partial charge in [-0.05, 0) is 24.3 Å². The summed E-state index contributed by atoms with van der Waals surface area (Å²) in [5.41, 5.74) is 4.75. The van der Waals surface area contributed by atoms with Crippen LogP contribution in [0.5, 0.6) is 5.75 Å². The minimum atomic E-state index is -0.479. The second kappa shape index (κ2) is 9.53. The van der Waals surface area contributed by atoms with Gasteiger partial charge in [0.1, 0.15) is 5.75 Å². The summed E-state index contributed by atoms with van der Waals surface area (Å²) in [6.45, 7) is 0.228. The molecule has 0 unspecified atom stereocenters. The Kier molecular flexibility index (Phi) is 6.17. The molecule has 0 aliphatic heterocycles. The zero-order valence-corrected chi connectivity index (χ0v) is 17.1. The van der Waals surface area contributed by atoms with Gasteiger partial charge < -0.3 is 10.4 Å². The summed E-state index contributed by atoms with van der Waals surface area (Å²) < 4.78 is 0. The molecule has 0 aliphatic carbocycles. The van der Waals surface area contributed by atoms with E-state index in [0.29, 0.717) is 5.56 Å². The zero-order chi connectivity index (χ0) is 22.3. The number of rotatable bonds is 7. The van der Waals surface area contributed by atoms with Crippen molar-refractivity contribution in [3.8, 4) is 16.9 Å². The minimum Gasteiger partial charge on any atom is -0.508 e. The van der Waals surface area contributed by atoms with Crippen LogP contribution in [0.1, 0.15) is 11.1 Å². The van der Waals surface area contributed by atoms with Crippen molar-refractivity contribution in [3.63, 3.8) is 0 Å². The van der Waals surface area contributed by atoms with E-state index < -0.39 is 4.92 Å². The molecular weight excluding hydrogens is 404 g/mol. The van der Waals surface area contributed by atoms with Gasteiger partial charge in [-0.2, -0.15) is 0 Å². The molecule has 7 heteroatoms. The lowest BCUT2D eigenvalue weighted by atomic mass is 10.0. The van der Waals surface area contributed by atoms with E-state index in [1.165, 1.54) is 18.2 Å². The van der Waals surface area contributed by atoms with Gasteiger partial charge in [-0.1, -0.05) is 42.5 Å². The Bertz CT molecular complexity index is 1270. The first-order valence-corrected chi connectivity index (χ1v) is 9.94. The quantitative estimate of drug-likeness (QED) is 0.224. The van der Waals surface area contributed by atoms with Crippen LogP contribution in [0, 0.1) is 10.1 Å². The number of hydrogen-bond acceptors (Lipinski definition) is 6. The predicted octanol–water partition coefficient (Wildman–Crippen LogP) is 5.73. The van der Waals surface area contributed by atoms with Crippen LogP contribution in [-0.4, -0.2) is 21.2 Å². The second-order valence-electron chi connectivity index (χ2n) is 7.03. The molecule has 158 valence electrons. The maximum atomic E-state index is 11.1. The summed E-state index contributed by atoms with van der Waals surface area (Å²) in [7, 11) is 0. The number of anilines is 1. The molecule has 3 aromatic carbocycles. The topological polar surface area (TPSA) is 101 Å². The molecule has 0 saturated carbocycles. The highest BCUT2D eigenvalue weighted by Crippen LogP contribution is 2.35. The van der Waals surface area contributed by atoms with E-state index in [0.717, 1.165) is 28.1 Å². The van der Waals surface area contributed by atoms with E-state index in [4.69, 9.17) is 0 Å². The molecule has 4 aromatic rings. The number of aromatic nitrogens is 1. The fourth-order valence-electron chi connectivity index (χ4n) is 3.30. The Morgan fingerprint density at radius 1 is 1.00 bits per heavy atom. The molecule has 0 bridgehead atoms. The Morgan fingerprint density at radius 2 is 1.78 bits per heavy atom. The standard InChI is InChI=1S/C25H20N4O3/c30-25-12-11-20(29(31)32)14-19(25)17-28-24-10-4-2-8-22(24)21-7-1-3-9-23(21)27-16-18-6-5-13-26-15-18/h1-16,28,30H,17H2. The van der Waals surface area contributed by atoms with Crippen molar-refractivity contribution in [1.29, 1.82) is 0 Å². The molecule has 2 N–H and O–H groups in total. The van der Waals surface area contributed by atoms with Crippen LogP contribution < -0.4 is 5.32 Å². The number of phenolic OH excluding ortho intramolecular Hbond substituents is 1. The van der Waals surface area contributed by atoms with Crippen LogP contribution in [0.4, 0.5) is 17.1 Å². The zero-order valence-electron chi connectivity index (χ0n) is 17.1. The average Bonchev–Trinajstić information content (AvgIpc) is 2.83. The summed E-state index contributed by atoms with van der Waals surface area (Å²) in [4.78, 5) is 19.3. The van der Waals surface area contributed by atoms with Crippen molar-refractivity contribution in [2.45, 2.75) is 6.54 Å². The number of hydrogen-bond donors (Lipinski definition) is 2. The lowest BCUT2D eigenvalue weighted by Gasteiger charge is -2.14. The molecule has 7 nitrogen and oxygen atoms in total. The van der Waals surface area contributed by atoms with E-state index in [-0.39, 0.29) is 18.0 Å². The molecule has 1 aromatic heterocycles. The summed E-state index contributed by atoms with van der Waals surface area (Å²) >= 11 is 0. The third-order valence-electron chi connectivity index (χ3n) is 4.90. The summed E-state index contributed by atoms with van der Waals surface area (Å²) in [5, 5.41) is 24.5. The van der Waals surface area contributed by atoms with Gasteiger partial charge in [-0.15, -0.1) is 0 Å². The van der Waals surface area contributed by atoms with Gasteiger partial charge in [0, 0.05) is 65.2 Å². The molecule has 0 spiro atoms. The van der Waals surface area contributed by atoms with Crippen molar-refractivity contribution >= 4 is 23.3 Å². The molecule has 0 radical (unpaired) electrons. The van der Waals surface area contributed by atoms with Crippen LogP contribution in [0.2, 0.25) is 0 Å². The van der Waals surface area contributed by atoms with Crippen LogP contribution >= 0.6 is 0 Å². The monoisotopic (exact) mass is 424 g/mol. The number of nitrogens with zero attached hydrogens (tertiary/aromatic N) is 3. The van der Waals surface area contributed by atoms with E-state index in [1.54, 1.807) is 18.6 Å². The van der Waals surface area contributed by atoms with Crippen molar-refractivity contribution in [2.75, 3.05) is 5.32 Å². The molecule has 0 atom stereocenters. The Hall–Kier alpha value is -4.52. The maximum absolute atomic E-state index is 11.1. The smallest absolute Gasteiger partial charge is 0.270 e. The summed E-state index contributed by atoms with van der Waals surface area (Å²) in [6, 6.07) is 23.3. The predicted molar refractivity (Wildman–Crippen MR) is 125 cm³/mol. The van der Waals surface area contributed by atoms with Crippen molar-refractivity contribution in [2.24, 2.45) is 4.99 Å². The Morgan fingerprint density at radius 3 is 2.56 bits per heavy atom. The van der Waals surface area contributed by atoms with E-state index >= 15 is 0 Å². The molecule has 4 rings (SSSR count). The minimum absolute atomic E-state index is 0.00190. The van der Waals surface area contributed by atoms with Crippen LogP contribution in [0.3, 0.4) is 0 Å². The average molecular weight is 424 g/mol. The molecule has 0 aliphatic rings. The number of para-hydroxylation sites is 2. The number of phenols is 1. The SMILES string of the molecule is O=[N+]([O-])c1ccc(O)c(CNc2ccccc2-c2ccccc2N=Cc2cccnc2)c1. The highest BCUT2D eigenvalue weighted by molar-refractivity contribution is 5.89. The van der Waals surface area contributed by atoms with Gasteiger partial charge in [-0.25, -0.2) is 0 Å². The molecule has 1 heterocycles. The van der Waals surface area contributed by atoms with Crippen molar-refractivity contribution < 1.29 is 10.0 Å². The van der Waals surface area contributed by atoms with Crippen LogP contribution in [0.25, 0.3) is 11.1 Å². The fourth-order valence-corrected chi connectivity index (χ4v) is 3.30. The first-order valence-electron chi connectivity index (χ1n) is 9.94. The second-order valence-corrected chi connectivity index (χ2v) is 7.03. The highest BCUT2D eigenvalue weighted by Gasteiger charge is 2.12. The summed E-state index contributed by atoms with van der Waals surface area (Å²) in [6.07, 6.45) is 5.22. The van der Waals surface area contributed by atoms with E-state index in [9.17, 15) is 15.2 Å². The van der Waals surface area contributed by atoms with Gasteiger partial charge >= 0.3 is 0 Å². The number of nitrogens with one attached hydrogen (secondary N) is 1. The van der Waals surface area contributed by atoms with Gasteiger partial charge in [-0.3, -0.25) is 20.1 Å². The molecule has 0 saturated heterocycles. The van der Waals surface area contributed by atoms with Gasteiger partial charge in [0.05, 0.1) is 10.6 Å². The number of benzene rings is 3. The first-order chi connectivity index (χ1) is 15.6. The lowest BCUT2D eigenvalue weighted by molar-refractivity contribution is -0.384. The molecule has 0 fully saturated rings. The summed E-state index contributed by atoms with van der Waals surface area (Å²) in [5.74, 6) is 0.00190. The third-order valence-corrected chi connectivity index (χ3v) is 4.90. The number of aliphatic imine (C=N–C) groups is 1. The normalized spacial score (nSPS) is 10.9. The third kappa shape index (κ3) is 4.79. The number of non-ortho nitro benzene ring substituents is 1. The Labute approximate surface area is 184 Å². The van der Waals surface area contributed by atoms with Gasteiger partial charge in [0.25, 0.3) is 5.69 Å². The Balaban J connectivity index is 1.63.